The number of nitrogens with one attached hydrogen (secondary N) is 2. The number of nitrogens with zero attached hydrogens (tertiary/aromatic N) is 1. The number of hydrogen-bond acceptors (Lipinski definition) is 4. The lowest BCUT2D eigenvalue weighted by Gasteiger charge is -2.28. The number of hydrogen-bond donors (Lipinski definition) is 2. The number of piperidine rings is 1. The summed E-state index contributed by atoms with van der Waals surface area (Å²) in [7, 11) is -3.32. The van der Waals surface area contributed by atoms with Crippen molar-refractivity contribution >= 4 is 27.5 Å². The first-order valence-electron chi connectivity index (χ1n) is 8.71. The normalized spacial score (nSPS) is 25.0. The fourth-order valence-electron chi connectivity index (χ4n) is 3.37. The number of rotatable bonds is 5. The summed E-state index contributed by atoms with van der Waals surface area (Å²) in [6, 6.07) is 6.80. The van der Waals surface area contributed by atoms with Gasteiger partial charge in [-0.1, -0.05) is 30.2 Å². The molecule has 0 bridgehead atoms. The summed E-state index contributed by atoms with van der Waals surface area (Å²) in [6.07, 6.45) is 3.25. The van der Waals surface area contributed by atoms with Gasteiger partial charge in [0.1, 0.15) is 0 Å². The molecular formula is C17H24ClN3O3S. The minimum Gasteiger partial charge on any atom is -0.351 e. The molecule has 2 aliphatic heterocycles. The lowest BCUT2D eigenvalue weighted by molar-refractivity contribution is -0.122. The Morgan fingerprint density at radius 3 is 2.56 bits per heavy atom. The van der Waals surface area contributed by atoms with Crippen LogP contribution in [0, 0.1) is 0 Å². The molecule has 1 amide bonds. The molecule has 25 heavy (non-hydrogen) atoms. The van der Waals surface area contributed by atoms with Crippen LogP contribution in [-0.2, 0) is 21.4 Å². The predicted octanol–water partition coefficient (Wildman–Crippen LogP) is 1.50. The topological polar surface area (TPSA) is 78.5 Å². The second-order valence-electron chi connectivity index (χ2n) is 6.67. The van der Waals surface area contributed by atoms with E-state index in [-0.39, 0.29) is 5.91 Å². The maximum atomic E-state index is 12.7. The van der Waals surface area contributed by atoms with Gasteiger partial charge in [0.2, 0.25) is 15.9 Å². The van der Waals surface area contributed by atoms with Gasteiger partial charge in [-0.15, -0.1) is 0 Å². The first kappa shape index (κ1) is 18.6. The van der Waals surface area contributed by atoms with E-state index in [1.165, 1.54) is 0 Å². The van der Waals surface area contributed by atoms with Crippen LogP contribution in [0.15, 0.2) is 24.3 Å². The van der Waals surface area contributed by atoms with Crippen LogP contribution in [-0.4, -0.2) is 49.6 Å². The van der Waals surface area contributed by atoms with Gasteiger partial charge in [-0.2, -0.15) is 0 Å². The number of sulfonamides is 1. The van der Waals surface area contributed by atoms with Crippen molar-refractivity contribution in [2.45, 2.75) is 43.5 Å². The van der Waals surface area contributed by atoms with Gasteiger partial charge in [0.25, 0.3) is 0 Å². The highest BCUT2D eigenvalue weighted by Gasteiger charge is 2.40. The molecule has 2 N–H and O–H groups in total. The smallest absolute Gasteiger partial charge is 0.237 e. The molecule has 138 valence electrons. The molecule has 0 spiro atoms. The highest BCUT2D eigenvalue weighted by atomic mass is 35.5. The minimum absolute atomic E-state index is 0.161. The number of benzene rings is 1. The fraction of sp³-hybridized carbons (Fsp3) is 0.588. The highest BCUT2D eigenvalue weighted by Crippen LogP contribution is 2.22. The molecule has 6 nitrogen and oxygen atoms in total. The Morgan fingerprint density at radius 1 is 1.20 bits per heavy atom. The van der Waals surface area contributed by atoms with Crippen LogP contribution >= 0.6 is 11.6 Å². The molecule has 2 atom stereocenters. The van der Waals surface area contributed by atoms with Crippen molar-refractivity contribution in [2.24, 2.45) is 0 Å². The largest absolute Gasteiger partial charge is 0.351 e. The van der Waals surface area contributed by atoms with E-state index in [1.54, 1.807) is 16.4 Å². The van der Waals surface area contributed by atoms with Gasteiger partial charge in [0.05, 0.1) is 11.3 Å². The van der Waals surface area contributed by atoms with Gasteiger partial charge < -0.3 is 10.6 Å². The fourth-order valence-corrected chi connectivity index (χ4v) is 5.43. The zero-order valence-electron chi connectivity index (χ0n) is 14.1. The molecule has 0 saturated carbocycles. The van der Waals surface area contributed by atoms with E-state index in [9.17, 15) is 13.2 Å². The molecule has 0 aromatic heterocycles. The molecule has 2 saturated heterocycles. The van der Waals surface area contributed by atoms with Crippen molar-refractivity contribution < 1.29 is 13.2 Å². The van der Waals surface area contributed by atoms with Crippen LogP contribution in [0.4, 0.5) is 0 Å². The Labute approximate surface area is 154 Å². The van der Waals surface area contributed by atoms with E-state index in [0.29, 0.717) is 37.6 Å². The van der Waals surface area contributed by atoms with Gasteiger partial charge in [0.15, 0.2) is 0 Å². The van der Waals surface area contributed by atoms with Crippen molar-refractivity contribution in [1.29, 1.82) is 0 Å². The molecule has 3 rings (SSSR count). The lowest BCUT2D eigenvalue weighted by Crippen LogP contribution is -2.42. The third-order valence-corrected chi connectivity index (χ3v) is 7.42. The molecule has 2 aliphatic rings. The molecule has 1 aromatic rings. The molecule has 2 heterocycles. The Hall–Kier alpha value is -1.15. The molecule has 2 unspecified atom stereocenters. The number of halogens is 1. The average Bonchev–Trinajstić information content (AvgIpc) is 3.13. The summed E-state index contributed by atoms with van der Waals surface area (Å²) < 4.78 is 27.0. The zero-order valence-corrected chi connectivity index (χ0v) is 15.7. The van der Waals surface area contributed by atoms with Gasteiger partial charge in [0, 0.05) is 31.2 Å². The molecular weight excluding hydrogens is 362 g/mol. The summed E-state index contributed by atoms with van der Waals surface area (Å²) in [5.74, 6) is -0.161. The lowest BCUT2D eigenvalue weighted by atomic mass is 10.2. The Morgan fingerprint density at radius 2 is 1.88 bits per heavy atom. The van der Waals surface area contributed by atoms with Crippen molar-refractivity contribution in [3.8, 4) is 0 Å². The van der Waals surface area contributed by atoms with E-state index in [1.807, 2.05) is 12.1 Å². The van der Waals surface area contributed by atoms with E-state index in [0.717, 1.165) is 24.8 Å². The second kappa shape index (κ2) is 8.03. The van der Waals surface area contributed by atoms with Crippen molar-refractivity contribution in [3.63, 3.8) is 0 Å². The van der Waals surface area contributed by atoms with Crippen LogP contribution in [0.3, 0.4) is 0 Å². The summed E-state index contributed by atoms with van der Waals surface area (Å²) in [5, 5.41) is 6.05. The van der Waals surface area contributed by atoms with Crippen LogP contribution in [0.25, 0.3) is 0 Å². The van der Waals surface area contributed by atoms with E-state index in [2.05, 4.69) is 10.6 Å². The van der Waals surface area contributed by atoms with Crippen molar-refractivity contribution in [2.75, 3.05) is 19.6 Å². The minimum atomic E-state index is -3.32. The SMILES string of the molecule is O=C(NCc1ccc(Cl)cc1)C1CC(S(=O)(=O)N2CCCCC2)CN1. The first-order valence-corrected chi connectivity index (χ1v) is 10.6. The molecule has 0 radical (unpaired) electrons. The van der Waals surface area contributed by atoms with Crippen LogP contribution in [0.5, 0.6) is 0 Å². The monoisotopic (exact) mass is 385 g/mol. The number of amides is 1. The van der Waals surface area contributed by atoms with Gasteiger partial charge in [-0.3, -0.25) is 4.79 Å². The van der Waals surface area contributed by atoms with Gasteiger partial charge in [-0.05, 0) is 37.0 Å². The van der Waals surface area contributed by atoms with Gasteiger partial charge >= 0.3 is 0 Å². The van der Waals surface area contributed by atoms with E-state index >= 15 is 0 Å². The third-order valence-electron chi connectivity index (χ3n) is 4.88. The van der Waals surface area contributed by atoms with Gasteiger partial charge in [-0.25, -0.2) is 12.7 Å². The quantitative estimate of drug-likeness (QED) is 0.805. The summed E-state index contributed by atoms with van der Waals surface area (Å²) in [4.78, 5) is 12.3. The molecule has 0 aliphatic carbocycles. The van der Waals surface area contributed by atoms with E-state index in [4.69, 9.17) is 11.6 Å². The zero-order chi connectivity index (χ0) is 17.9. The predicted molar refractivity (Wildman–Crippen MR) is 97.8 cm³/mol. The molecule has 2 fully saturated rings. The van der Waals surface area contributed by atoms with E-state index < -0.39 is 21.3 Å². The molecule has 1 aromatic carbocycles. The standard InChI is InChI=1S/C17H24ClN3O3S/c18-14-6-4-13(5-7-14)11-20-17(22)16-10-15(12-19-16)25(23,24)21-8-2-1-3-9-21/h4-7,15-16,19H,1-3,8-12H2,(H,20,22). The maximum absolute atomic E-state index is 12.7. The Kier molecular flexibility index (Phi) is 5.99. The van der Waals surface area contributed by atoms with Crippen molar-refractivity contribution in [1.82, 2.24) is 14.9 Å². The number of carbonyl (C=O) groups is 1. The highest BCUT2D eigenvalue weighted by molar-refractivity contribution is 7.89. The first-order chi connectivity index (χ1) is 12.0. The van der Waals surface area contributed by atoms with Crippen LogP contribution in [0.1, 0.15) is 31.2 Å². The summed E-state index contributed by atoms with van der Waals surface area (Å²) in [6.45, 7) is 1.94. The summed E-state index contributed by atoms with van der Waals surface area (Å²) in [5.41, 5.74) is 0.952. The average molecular weight is 386 g/mol. The van der Waals surface area contributed by atoms with Crippen LogP contribution in [0.2, 0.25) is 5.02 Å². The van der Waals surface area contributed by atoms with Crippen molar-refractivity contribution in [3.05, 3.63) is 34.9 Å². The molecule has 8 heteroatoms. The van der Waals surface area contributed by atoms with Crippen LogP contribution < -0.4 is 10.6 Å². The maximum Gasteiger partial charge on any atom is 0.237 e. The Balaban J connectivity index is 1.53. The summed E-state index contributed by atoms with van der Waals surface area (Å²) >= 11 is 5.84. The second-order valence-corrected chi connectivity index (χ2v) is 9.32. The Bertz CT molecular complexity index is 702. The third kappa shape index (κ3) is 4.53. The number of carbonyl (C=O) groups excluding carboxylic acids is 1.